The molecule has 5 aromatic rings. The topological polar surface area (TPSA) is 261 Å². The number of phosphoric acid groups is 1. The molecule has 0 amide bonds. The van der Waals surface area contributed by atoms with Crippen molar-refractivity contribution in [2.24, 2.45) is 0 Å². The average molecular weight is 894 g/mol. The van der Waals surface area contributed by atoms with Crippen molar-refractivity contribution >= 4 is 49.0 Å². The van der Waals surface area contributed by atoms with Gasteiger partial charge in [0.05, 0.1) is 25.1 Å². The van der Waals surface area contributed by atoms with E-state index in [1.54, 1.807) is 31.2 Å². The van der Waals surface area contributed by atoms with Crippen molar-refractivity contribution in [3.8, 4) is 5.75 Å². The number of nitrogen functional groups attached to an aromatic ring is 1. The number of aromatic amines is 1. The summed E-state index contributed by atoms with van der Waals surface area (Å²) < 4.78 is 102. The Labute approximate surface area is 341 Å². The van der Waals surface area contributed by atoms with Crippen LogP contribution in [0, 0.1) is 13.8 Å². The van der Waals surface area contributed by atoms with Crippen molar-refractivity contribution in [1.82, 2.24) is 29.1 Å². The highest BCUT2D eigenvalue weighted by Gasteiger charge is 2.55. The van der Waals surface area contributed by atoms with Crippen LogP contribution in [-0.2, 0) is 42.5 Å². The number of ether oxygens (including phenoxy) is 3. The van der Waals surface area contributed by atoms with Gasteiger partial charge in [0.25, 0.3) is 5.56 Å². The van der Waals surface area contributed by atoms with E-state index in [9.17, 15) is 28.4 Å². The Bertz CT molecular complexity index is 2650. The lowest BCUT2D eigenvalue weighted by atomic mass is 10.1. The van der Waals surface area contributed by atoms with Crippen LogP contribution in [-0.4, -0.2) is 89.9 Å². The number of phosphoric ester groups is 1. The quantitative estimate of drug-likeness (QED) is 0.117. The number of esters is 1. The standard InChI is InChI=1S/C35H35F2N7O13P2S/c1-17-3-8-21(18(2)11-17)34(46)53-20-6-4-19(5-7-20)14-60-59(50)52-13-23-25(36)28(33(55-23)44-16-41-27-30(38)39-15-40-31(27)44)56-58(48,49)51-12-22-26(37)29(57-59)32(54-22)43-10-9-24(45)42-35(43)47/h3-11,15-16,22-23,25-26,28-29,32-33H,12-14H2,1-2H3,(H,48,49)(H2,38,39,40)(H,42,45,47)/t22-,23-,25-,26-,28-,29-,32-,33-,59?/m1/s1. The summed E-state index contributed by atoms with van der Waals surface area (Å²) in [6.45, 7) is -2.86. The number of nitrogens with one attached hydrogen (secondary N) is 1. The number of hydrogen-bond acceptors (Lipinski definition) is 17. The minimum atomic E-state index is -5.27. The highest BCUT2D eigenvalue weighted by molar-refractivity contribution is 8.54. The van der Waals surface area contributed by atoms with Gasteiger partial charge in [-0.25, -0.2) is 42.5 Å². The molecule has 60 heavy (non-hydrogen) atoms. The molecule has 4 bridgehead atoms. The van der Waals surface area contributed by atoms with E-state index in [0.717, 1.165) is 34.3 Å². The highest BCUT2D eigenvalue weighted by atomic mass is 32.7. The molecule has 0 aliphatic carbocycles. The maximum Gasteiger partial charge on any atom is 0.472 e. The molecule has 6 heterocycles. The normalized spacial score (nSPS) is 30.9. The van der Waals surface area contributed by atoms with E-state index in [2.05, 4.69) is 15.0 Å². The van der Waals surface area contributed by atoms with Crippen molar-refractivity contribution in [2.75, 3.05) is 18.9 Å². The summed E-state index contributed by atoms with van der Waals surface area (Å²) in [5, 5.41) is 0. The first-order valence-electron chi connectivity index (χ1n) is 18.0. The van der Waals surface area contributed by atoms with Crippen molar-refractivity contribution in [3.63, 3.8) is 0 Å². The summed E-state index contributed by atoms with van der Waals surface area (Å²) in [6, 6.07) is 12.4. The molecule has 3 aliphatic heterocycles. The predicted molar refractivity (Wildman–Crippen MR) is 206 cm³/mol. The largest absolute Gasteiger partial charge is 0.472 e. The molecule has 0 saturated carbocycles. The number of imidazole rings is 1. The van der Waals surface area contributed by atoms with Crippen LogP contribution in [0.15, 0.2) is 77.0 Å². The third-order valence-corrected chi connectivity index (χ3v) is 14.4. The lowest BCUT2D eigenvalue weighted by molar-refractivity contribution is -0.0648. The van der Waals surface area contributed by atoms with E-state index in [-0.39, 0.29) is 28.5 Å². The summed E-state index contributed by atoms with van der Waals surface area (Å²) in [5.41, 5.74) is 6.83. The summed E-state index contributed by atoms with van der Waals surface area (Å²) >= 11 is 0.570. The van der Waals surface area contributed by atoms with E-state index >= 15 is 8.78 Å². The predicted octanol–water partition coefficient (Wildman–Crippen LogP) is 4.22. The van der Waals surface area contributed by atoms with E-state index in [1.165, 1.54) is 23.0 Å². The van der Waals surface area contributed by atoms with Crippen molar-refractivity contribution < 1.29 is 59.9 Å². The van der Waals surface area contributed by atoms with Crippen molar-refractivity contribution in [2.45, 2.75) is 68.8 Å². The van der Waals surface area contributed by atoms with Crippen LogP contribution >= 0.6 is 26.0 Å². The fraction of sp³-hybridized carbons (Fsp3) is 0.371. The van der Waals surface area contributed by atoms with Crippen LogP contribution in [0.1, 0.15) is 39.5 Å². The molecule has 0 spiro atoms. The number of carbonyl (C=O) groups excluding carboxylic acids is 1. The molecule has 20 nitrogen and oxygen atoms in total. The van der Waals surface area contributed by atoms with Gasteiger partial charge in [0.1, 0.15) is 42.0 Å². The molecule has 3 aliphatic rings. The number of hydrogen-bond donors (Lipinski definition) is 3. The van der Waals surface area contributed by atoms with Crippen LogP contribution in [0.25, 0.3) is 11.2 Å². The number of nitrogens with zero attached hydrogens (tertiary/aromatic N) is 5. The van der Waals surface area contributed by atoms with Gasteiger partial charge in [0.15, 0.2) is 36.3 Å². The number of halogens is 2. The molecular weight excluding hydrogens is 858 g/mol. The fourth-order valence-corrected chi connectivity index (χ4v) is 11.1. The number of benzene rings is 2. The molecule has 0 radical (unpaired) electrons. The summed E-state index contributed by atoms with van der Waals surface area (Å²) in [6.07, 6.45) is -11.9. The van der Waals surface area contributed by atoms with Gasteiger partial charge in [-0.15, -0.1) is 0 Å². The number of rotatable bonds is 7. The van der Waals surface area contributed by atoms with Gasteiger partial charge in [0.2, 0.25) is 0 Å². The molecule has 25 heteroatoms. The molecule has 3 aromatic heterocycles. The Morgan fingerprint density at radius 1 is 0.950 bits per heavy atom. The molecule has 318 valence electrons. The Balaban J connectivity index is 1.09. The van der Waals surface area contributed by atoms with Crippen LogP contribution in [0.3, 0.4) is 0 Å². The lowest BCUT2D eigenvalue weighted by Crippen LogP contribution is -2.38. The summed E-state index contributed by atoms with van der Waals surface area (Å²) in [4.78, 5) is 62.5. The molecule has 2 unspecified atom stereocenters. The maximum atomic E-state index is 16.4. The van der Waals surface area contributed by atoms with Gasteiger partial charge >= 0.3 is 26.3 Å². The number of carbonyl (C=O) groups is 1. The van der Waals surface area contributed by atoms with Crippen molar-refractivity contribution in [3.05, 3.63) is 110 Å². The van der Waals surface area contributed by atoms with Gasteiger partial charge in [-0.2, -0.15) is 0 Å². The monoisotopic (exact) mass is 893 g/mol. The van der Waals surface area contributed by atoms with E-state index in [0.29, 0.717) is 22.5 Å². The Morgan fingerprint density at radius 3 is 2.33 bits per heavy atom. The Kier molecular flexibility index (Phi) is 11.7. The zero-order valence-corrected chi connectivity index (χ0v) is 33.9. The number of H-pyrrole nitrogens is 1. The van der Waals surface area contributed by atoms with E-state index in [1.807, 2.05) is 18.0 Å². The molecule has 8 rings (SSSR count). The van der Waals surface area contributed by atoms with Gasteiger partial charge < -0.3 is 24.8 Å². The summed E-state index contributed by atoms with van der Waals surface area (Å²) in [7, 11) is -5.27. The average Bonchev–Trinajstić information content (AvgIpc) is 3.86. The van der Waals surface area contributed by atoms with E-state index in [4.69, 9.17) is 38.0 Å². The number of alkyl halides is 2. The zero-order chi connectivity index (χ0) is 42.5. The summed E-state index contributed by atoms with van der Waals surface area (Å²) in [5.74, 6) is -0.516. The minimum absolute atomic E-state index is 0.0261. The SMILES string of the molecule is Cc1ccc(C(=O)Oc2ccc(CSP3(=O)OC[C@H]4O[C@@H](n5cnc6c(N)ncnc65)[C@H](OP(=O)(O)OC[C@H]5O[C@@H](n6ccc(=O)[nH]c6=O)[C@H](O3)[C@@H]5F)[C@@H]4F)cc2)c(C)c1. The minimum Gasteiger partial charge on any atom is -0.423 e. The van der Waals surface area contributed by atoms with Crippen LogP contribution in [0.5, 0.6) is 5.75 Å². The van der Waals surface area contributed by atoms with E-state index < -0.39 is 94.3 Å². The smallest absolute Gasteiger partial charge is 0.423 e. The number of anilines is 1. The first-order chi connectivity index (χ1) is 28.6. The highest BCUT2D eigenvalue weighted by Crippen LogP contribution is 2.65. The first kappa shape index (κ1) is 42.0. The van der Waals surface area contributed by atoms with Gasteiger partial charge in [0, 0.05) is 18.0 Å². The molecule has 10 atom stereocenters. The van der Waals surface area contributed by atoms with Crippen LogP contribution < -0.4 is 21.7 Å². The first-order valence-corrected chi connectivity index (χ1v) is 22.7. The lowest BCUT2D eigenvalue weighted by Gasteiger charge is -2.27. The zero-order valence-electron chi connectivity index (χ0n) is 31.3. The third kappa shape index (κ3) is 8.60. The van der Waals surface area contributed by atoms with Crippen LogP contribution in [0.4, 0.5) is 14.6 Å². The number of fused-ring (bicyclic) bond motifs is 5. The van der Waals surface area contributed by atoms with Crippen molar-refractivity contribution in [1.29, 1.82) is 0 Å². The second-order valence-corrected chi connectivity index (χ2v) is 19.3. The third-order valence-electron chi connectivity index (χ3n) is 9.74. The second kappa shape index (κ2) is 16.7. The number of nitrogens with two attached hydrogens (primary N) is 1. The van der Waals surface area contributed by atoms with Gasteiger partial charge in [-0.1, -0.05) is 29.8 Å². The maximum absolute atomic E-state index is 16.4. The second-order valence-electron chi connectivity index (χ2n) is 13.9. The Hall–Kier alpha value is -4.67. The number of aromatic nitrogens is 6. The molecule has 3 saturated heterocycles. The van der Waals surface area contributed by atoms with Gasteiger partial charge in [-0.05, 0) is 54.6 Å². The molecule has 4 N–H and O–H groups in total. The molecule has 2 aromatic carbocycles. The molecule has 3 fully saturated rings. The Morgan fingerprint density at radius 2 is 1.63 bits per heavy atom. The fourth-order valence-electron chi connectivity index (χ4n) is 6.79. The van der Waals surface area contributed by atoms with Crippen LogP contribution in [0.2, 0.25) is 0 Å². The molecular formula is C35H35F2N7O13P2S. The number of aryl methyl sites for hydroxylation is 2. The van der Waals surface area contributed by atoms with Gasteiger partial charge in [-0.3, -0.25) is 37.0 Å².